The zero-order valence-corrected chi connectivity index (χ0v) is 13.8. The van der Waals surface area contributed by atoms with Crippen molar-refractivity contribution in [2.75, 3.05) is 12.4 Å². The fourth-order valence-corrected chi connectivity index (χ4v) is 2.38. The van der Waals surface area contributed by atoms with Crippen LogP contribution in [0.2, 0.25) is 0 Å². The Balaban J connectivity index is 2.80. The van der Waals surface area contributed by atoms with Crippen LogP contribution in [-0.2, 0) is 6.42 Å². The molecule has 1 aromatic heterocycles. The Kier molecular flexibility index (Phi) is 7.80. The number of pyridine rings is 1. The van der Waals surface area contributed by atoms with E-state index in [0.717, 1.165) is 50.0 Å². The van der Waals surface area contributed by atoms with Crippen LogP contribution in [0.25, 0.3) is 0 Å². The molecule has 0 bridgehead atoms. The summed E-state index contributed by atoms with van der Waals surface area (Å²) in [6.45, 7) is 6.39. The summed E-state index contributed by atoms with van der Waals surface area (Å²) in [7, 11) is 1.82. The van der Waals surface area contributed by atoms with Gasteiger partial charge >= 0.3 is 0 Å². The molecule has 1 atom stereocenters. The number of carbonyl (C=O) groups excluding carboxylic acids is 1. The van der Waals surface area contributed by atoms with Crippen molar-refractivity contribution in [3.63, 3.8) is 0 Å². The minimum atomic E-state index is 0.0122. The number of amides is 1. The second-order valence-corrected chi connectivity index (χ2v) is 5.44. The molecule has 0 aliphatic carbocycles. The van der Waals surface area contributed by atoms with Crippen LogP contribution in [0.1, 0.15) is 68.9 Å². The molecule has 1 rings (SSSR count). The summed E-state index contributed by atoms with van der Waals surface area (Å²) < 4.78 is 0. The number of anilines is 1. The molecule has 1 amide bonds. The first-order chi connectivity index (χ1) is 10.1. The van der Waals surface area contributed by atoms with E-state index < -0.39 is 0 Å². The van der Waals surface area contributed by atoms with Gasteiger partial charge in [0.2, 0.25) is 0 Å². The first-order valence-electron chi connectivity index (χ1n) is 8.14. The predicted molar refractivity (Wildman–Crippen MR) is 88.8 cm³/mol. The van der Waals surface area contributed by atoms with Gasteiger partial charge in [0.15, 0.2) is 0 Å². The standard InChI is InChI=1S/C17H29N3O/c1-5-8-10-15(9-6-2)20-17(21)13-11-14(7-3)19-16(12-13)18-4/h11-12,15H,5-10H2,1-4H3,(H,18,19)(H,20,21). The van der Waals surface area contributed by atoms with Crippen molar-refractivity contribution in [2.24, 2.45) is 0 Å². The van der Waals surface area contributed by atoms with E-state index in [1.807, 2.05) is 26.1 Å². The van der Waals surface area contributed by atoms with E-state index >= 15 is 0 Å². The summed E-state index contributed by atoms with van der Waals surface area (Å²) in [4.78, 5) is 16.9. The van der Waals surface area contributed by atoms with E-state index in [-0.39, 0.29) is 11.9 Å². The Hall–Kier alpha value is -1.58. The number of nitrogens with zero attached hydrogens (tertiary/aromatic N) is 1. The van der Waals surface area contributed by atoms with E-state index in [9.17, 15) is 4.79 Å². The molecule has 1 aromatic rings. The summed E-state index contributed by atoms with van der Waals surface area (Å²) in [6, 6.07) is 3.98. The van der Waals surface area contributed by atoms with Crippen molar-refractivity contribution in [2.45, 2.75) is 65.3 Å². The molecule has 2 N–H and O–H groups in total. The molecule has 1 unspecified atom stereocenters. The topological polar surface area (TPSA) is 54.0 Å². The van der Waals surface area contributed by atoms with Gasteiger partial charge in [-0.1, -0.05) is 40.0 Å². The first-order valence-corrected chi connectivity index (χ1v) is 8.14. The summed E-state index contributed by atoms with van der Waals surface area (Å²) >= 11 is 0. The van der Waals surface area contributed by atoms with Crippen LogP contribution in [0.3, 0.4) is 0 Å². The Morgan fingerprint density at radius 3 is 2.52 bits per heavy atom. The Bertz CT molecular complexity index is 423. The third-order valence-corrected chi connectivity index (χ3v) is 3.64. The van der Waals surface area contributed by atoms with Crippen LogP contribution in [0.15, 0.2) is 12.1 Å². The SMILES string of the molecule is CCCCC(CCC)NC(=O)c1cc(CC)nc(NC)c1. The fraction of sp³-hybridized carbons (Fsp3) is 0.647. The van der Waals surface area contributed by atoms with Gasteiger partial charge in [0.05, 0.1) is 0 Å². The van der Waals surface area contributed by atoms with Crippen LogP contribution in [0, 0.1) is 0 Å². The summed E-state index contributed by atoms with van der Waals surface area (Å²) in [5.74, 6) is 0.762. The number of nitrogens with one attached hydrogen (secondary N) is 2. The molecule has 21 heavy (non-hydrogen) atoms. The van der Waals surface area contributed by atoms with Gasteiger partial charge in [-0.15, -0.1) is 0 Å². The fourth-order valence-electron chi connectivity index (χ4n) is 2.38. The molecule has 0 aliphatic rings. The number of carbonyl (C=O) groups is 1. The minimum absolute atomic E-state index is 0.0122. The summed E-state index contributed by atoms with van der Waals surface area (Å²) in [6.07, 6.45) is 6.33. The monoisotopic (exact) mass is 291 g/mol. The van der Waals surface area contributed by atoms with Gasteiger partial charge in [0.1, 0.15) is 5.82 Å². The third-order valence-electron chi connectivity index (χ3n) is 3.64. The van der Waals surface area contributed by atoms with Gasteiger partial charge in [-0.05, 0) is 31.4 Å². The average molecular weight is 291 g/mol. The first kappa shape index (κ1) is 17.5. The van der Waals surface area contributed by atoms with Crippen molar-refractivity contribution in [3.8, 4) is 0 Å². The molecular formula is C17H29N3O. The molecule has 0 spiro atoms. The molecule has 4 nitrogen and oxygen atoms in total. The van der Waals surface area contributed by atoms with Crippen molar-refractivity contribution < 1.29 is 4.79 Å². The lowest BCUT2D eigenvalue weighted by atomic mass is 10.0. The van der Waals surface area contributed by atoms with Crippen molar-refractivity contribution in [1.82, 2.24) is 10.3 Å². The Morgan fingerprint density at radius 1 is 1.19 bits per heavy atom. The highest BCUT2D eigenvalue weighted by atomic mass is 16.1. The summed E-state index contributed by atoms with van der Waals surface area (Å²) in [5, 5.41) is 6.20. The quantitative estimate of drug-likeness (QED) is 0.728. The van der Waals surface area contributed by atoms with Crippen molar-refractivity contribution in [1.29, 1.82) is 0 Å². The van der Waals surface area contributed by atoms with E-state index in [0.29, 0.717) is 5.56 Å². The molecule has 4 heteroatoms. The van der Waals surface area contributed by atoms with Crippen LogP contribution in [-0.4, -0.2) is 24.0 Å². The molecule has 0 radical (unpaired) electrons. The zero-order chi connectivity index (χ0) is 15.7. The van der Waals surface area contributed by atoms with Gasteiger partial charge in [-0.2, -0.15) is 0 Å². The van der Waals surface area contributed by atoms with Crippen LogP contribution < -0.4 is 10.6 Å². The average Bonchev–Trinajstić information content (AvgIpc) is 2.52. The lowest BCUT2D eigenvalue weighted by Gasteiger charge is -2.18. The molecular weight excluding hydrogens is 262 g/mol. The van der Waals surface area contributed by atoms with E-state index in [1.165, 1.54) is 0 Å². The number of unbranched alkanes of at least 4 members (excludes halogenated alkanes) is 1. The second kappa shape index (κ2) is 9.37. The predicted octanol–water partition coefficient (Wildman–Crippen LogP) is 3.77. The van der Waals surface area contributed by atoms with Gasteiger partial charge in [-0.25, -0.2) is 4.98 Å². The normalized spacial score (nSPS) is 12.0. The van der Waals surface area contributed by atoms with Gasteiger partial charge in [-0.3, -0.25) is 4.79 Å². The van der Waals surface area contributed by atoms with E-state index in [1.54, 1.807) is 0 Å². The maximum atomic E-state index is 12.5. The third kappa shape index (κ3) is 5.74. The largest absolute Gasteiger partial charge is 0.373 e. The molecule has 0 saturated carbocycles. The second-order valence-electron chi connectivity index (χ2n) is 5.44. The molecule has 1 heterocycles. The molecule has 0 fully saturated rings. The van der Waals surface area contributed by atoms with Gasteiger partial charge in [0, 0.05) is 24.3 Å². The summed E-state index contributed by atoms with van der Waals surface area (Å²) in [5.41, 5.74) is 1.64. The van der Waals surface area contributed by atoms with E-state index in [4.69, 9.17) is 0 Å². The highest BCUT2D eigenvalue weighted by Crippen LogP contribution is 2.13. The molecule has 0 saturated heterocycles. The Morgan fingerprint density at radius 2 is 1.95 bits per heavy atom. The number of hydrogen-bond acceptors (Lipinski definition) is 3. The zero-order valence-electron chi connectivity index (χ0n) is 13.8. The number of rotatable bonds is 9. The maximum Gasteiger partial charge on any atom is 0.251 e. The van der Waals surface area contributed by atoms with Crippen molar-refractivity contribution in [3.05, 3.63) is 23.4 Å². The highest BCUT2D eigenvalue weighted by molar-refractivity contribution is 5.95. The molecule has 0 aromatic carbocycles. The highest BCUT2D eigenvalue weighted by Gasteiger charge is 2.14. The maximum absolute atomic E-state index is 12.5. The van der Waals surface area contributed by atoms with Crippen LogP contribution in [0.4, 0.5) is 5.82 Å². The smallest absolute Gasteiger partial charge is 0.251 e. The van der Waals surface area contributed by atoms with Gasteiger partial charge in [0.25, 0.3) is 5.91 Å². The van der Waals surface area contributed by atoms with Crippen molar-refractivity contribution >= 4 is 11.7 Å². The molecule has 0 aliphatic heterocycles. The Labute approximate surface area is 128 Å². The lowest BCUT2D eigenvalue weighted by Crippen LogP contribution is -2.34. The number of hydrogen-bond donors (Lipinski definition) is 2. The van der Waals surface area contributed by atoms with E-state index in [2.05, 4.69) is 29.5 Å². The lowest BCUT2D eigenvalue weighted by molar-refractivity contribution is 0.0932. The van der Waals surface area contributed by atoms with Crippen LogP contribution in [0.5, 0.6) is 0 Å². The van der Waals surface area contributed by atoms with Gasteiger partial charge < -0.3 is 10.6 Å². The number of aromatic nitrogens is 1. The van der Waals surface area contributed by atoms with Crippen LogP contribution >= 0.6 is 0 Å². The molecule has 118 valence electrons. The number of aryl methyl sites for hydroxylation is 1. The minimum Gasteiger partial charge on any atom is -0.373 e.